The van der Waals surface area contributed by atoms with Crippen molar-refractivity contribution in [2.45, 2.75) is 25.7 Å². The summed E-state index contributed by atoms with van der Waals surface area (Å²) >= 11 is 0. The Labute approximate surface area is 185 Å². The van der Waals surface area contributed by atoms with E-state index in [1.165, 1.54) is 12.1 Å². The molecule has 7 nitrogen and oxygen atoms in total. The second kappa shape index (κ2) is 10.2. The predicted molar refractivity (Wildman–Crippen MR) is 125 cm³/mol. The number of nitrogens with zero attached hydrogens (tertiary/aromatic N) is 3. The molecule has 0 atom stereocenters. The first kappa shape index (κ1) is 23.1. The van der Waals surface area contributed by atoms with Crippen LogP contribution in [0.5, 0.6) is 0 Å². The lowest BCUT2D eigenvalue weighted by Gasteiger charge is -2.36. The van der Waals surface area contributed by atoms with Crippen LogP contribution in [0.3, 0.4) is 0 Å². The van der Waals surface area contributed by atoms with Crippen molar-refractivity contribution < 1.29 is 13.2 Å². The second-order valence-corrected chi connectivity index (χ2v) is 9.23. The maximum Gasteiger partial charge on any atom is 0.261 e. The van der Waals surface area contributed by atoms with Gasteiger partial charge in [-0.2, -0.15) is 0 Å². The number of benzene rings is 2. The standard InChI is InChI=1S/C23H32N4O3S/c1-4-25-15-17-27(18-16-25)22-10-8-7-9-21(22)24-31(29,30)20-13-11-19(12-14-20)23(28)26(5-2)6-3/h7-14,24H,4-6,15-18H2,1-3H3. The van der Waals surface area contributed by atoms with Gasteiger partial charge in [0.2, 0.25) is 0 Å². The van der Waals surface area contributed by atoms with Gasteiger partial charge in [0.05, 0.1) is 16.3 Å². The Morgan fingerprint density at radius 2 is 1.55 bits per heavy atom. The highest BCUT2D eigenvalue weighted by Gasteiger charge is 2.22. The number of carbonyl (C=O) groups excluding carboxylic acids is 1. The number of nitrogens with one attached hydrogen (secondary N) is 1. The molecular formula is C23H32N4O3S. The van der Waals surface area contributed by atoms with E-state index in [9.17, 15) is 13.2 Å². The van der Waals surface area contributed by atoms with E-state index < -0.39 is 10.0 Å². The lowest BCUT2D eigenvalue weighted by atomic mass is 10.2. The molecule has 0 bridgehead atoms. The van der Waals surface area contributed by atoms with Gasteiger partial charge in [-0.15, -0.1) is 0 Å². The van der Waals surface area contributed by atoms with Gasteiger partial charge in [0, 0.05) is 44.8 Å². The molecule has 1 saturated heterocycles. The Morgan fingerprint density at radius 3 is 2.13 bits per heavy atom. The zero-order chi connectivity index (χ0) is 22.4. The van der Waals surface area contributed by atoms with Crippen LogP contribution in [0.1, 0.15) is 31.1 Å². The van der Waals surface area contributed by atoms with Crippen molar-refractivity contribution in [3.63, 3.8) is 0 Å². The Bertz CT molecular complexity index is 980. The van der Waals surface area contributed by atoms with Crippen LogP contribution in [-0.2, 0) is 10.0 Å². The first-order valence-electron chi connectivity index (χ1n) is 10.9. The summed E-state index contributed by atoms with van der Waals surface area (Å²) < 4.78 is 28.8. The summed E-state index contributed by atoms with van der Waals surface area (Å²) in [5, 5.41) is 0. The van der Waals surface area contributed by atoms with Gasteiger partial charge in [0.15, 0.2) is 0 Å². The Hall–Kier alpha value is -2.58. The van der Waals surface area contributed by atoms with Gasteiger partial charge in [0.1, 0.15) is 0 Å². The van der Waals surface area contributed by atoms with Gasteiger partial charge >= 0.3 is 0 Å². The summed E-state index contributed by atoms with van der Waals surface area (Å²) in [5.41, 5.74) is 1.93. The van der Waals surface area contributed by atoms with Crippen molar-refractivity contribution in [1.29, 1.82) is 0 Å². The molecule has 1 N–H and O–H groups in total. The lowest BCUT2D eigenvalue weighted by Crippen LogP contribution is -2.46. The largest absolute Gasteiger partial charge is 0.367 e. The van der Waals surface area contributed by atoms with E-state index in [4.69, 9.17) is 0 Å². The average molecular weight is 445 g/mol. The monoisotopic (exact) mass is 444 g/mol. The maximum absolute atomic E-state index is 13.0. The number of para-hydroxylation sites is 2. The molecule has 0 saturated carbocycles. The SMILES string of the molecule is CCN1CCN(c2ccccc2NS(=O)(=O)c2ccc(C(=O)N(CC)CC)cc2)CC1. The van der Waals surface area contributed by atoms with Crippen LogP contribution >= 0.6 is 0 Å². The number of amides is 1. The van der Waals surface area contributed by atoms with Gasteiger partial charge < -0.3 is 14.7 Å². The Morgan fingerprint density at radius 1 is 0.935 bits per heavy atom. The summed E-state index contributed by atoms with van der Waals surface area (Å²) in [7, 11) is -3.78. The molecule has 1 fully saturated rings. The number of sulfonamides is 1. The van der Waals surface area contributed by atoms with Crippen LogP contribution in [0.15, 0.2) is 53.4 Å². The van der Waals surface area contributed by atoms with E-state index >= 15 is 0 Å². The smallest absolute Gasteiger partial charge is 0.261 e. The third kappa shape index (κ3) is 5.37. The van der Waals surface area contributed by atoms with E-state index in [-0.39, 0.29) is 10.8 Å². The van der Waals surface area contributed by atoms with Crippen molar-refractivity contribution in [2.24, 2.45) is 0 Å². The number of piperazine rings is 1. The van der Waals surface area contributed by atoms with Crippen molar-refractivity contribution in [3.8, 4) is 0 Å². The summed E-state index contributed by atoms with van der Waals surface area (Å²) in [5.74, 6) is -0.0986. The van der Waals surface area contributed by atoms with E-state index in [1.807, 2.05) is 32.0 Å². The molecule has 1 aliphatic heterocycles. The zero-order valence-corrected chi connectivity index (χ0v) is 19.4. The quantitative estimate of drug-likeness (QED) is 0.677. The van der Waals surface area contributed by atoms with Gasteiger partial charge in [-0.05, 0) is 56.8 Å². The first-order valence-corrected chi connectivity index (χ1v) is 12.4. The average Bonchev–Trinajstić information content (AvgIpc) is 2.80. The Kier molecular flexibility index (Phi) is 7.56. The van der Waals surface area contributed by atoms with E-state index in [0.717, 1.165) is 38.4 Å². The molecule has 0 radical (unpaired) electrons. The molecule has 1 heterocycles. The molecule has 2 aromatic rings. The van der Waals surface area contributed by atoms with Gasteiger partial charge in [0.25, 0.3) is 15.9 Å². The fraction of sp³-hybridized carbons (Fsp3) is 0.435. The van der Waals surface area contributed by atoms with E-state index in [0.29, 0.717) is 24.3 Å². The zero-order valence-electron chi connectivity index (χ0n) is 18.5. The number of anilines is 2. The summed E-state index contributed by atoms with van der Waals surface area (Å²) in [6, 6.07) is 13.6. The number of hydrogen-bond acceptors (Lipinski definition) is 5. The minimum atomic E-state index is -3.78. The second-order valence-electron chi connectivity index (χ2n) is 7.55. The van der Waals surface area contributed by atoms with Crippen LogP contribution < -0.4 is 9.62 Å². The van der Waals surface area contributed by atoms with Crippen LogP contribution in [0.2, 0.25) is 0 Å². The number of rotatable bonds is 8. The maximum atomic E-state index is 13.0. The molecule has 8 heteroatoms. The highest BCUT2D eigenvalue weighted by molar-refractivity contribution is 7.92. The van der Waals surface area contributed by atoms with Crippen LogP contribution in [0.25, 0.3) is 0 Å². The topological polar surface area (TPSA) is 73.0 Å². The molecule has 0 aromatic heterocycles. The van der Waals surface area contributed by atoms with Gasteiger partial charge in [-0.1, -0.05) is 19.1 Å². The third-order valence-corrected chi connectivity index (χ3v) is 7.15. The molecule has 31 heavy (non-hydrogen) atoms. The molecule has 0 unspecified atom stereocenters. The number of hydrogen-bond donors (Lipinski definition) is 1. The molecule has 2 aromatic carbocycles. The highest BCUT2D eigenvalue weighted by Crippen LogP contribution is 2.29. The molecular weight excluding hydrogens is 412 g/mol. The molecule has 0 aliphatic carbocycles. The summed E-state index contributed by atoms with van der Waals surface area (Å²) in [6.45, 7) is 11.9. The molecule has 3 rings (SSSR count). The third-order valence-electron chi connectivity index (χ3n) is 5.77. The van der Waals surface area contributed by atoms with Crippen LogP contribution in [0, 0.1) is 0 Å². The highest BCUT2D eigenvalue weighted by atomic mass is 32.2. The normalized spacial score (nSPS) is 15.0. The summed E-state index contributed by atoms with van der Waals surface area (Å²) in [4.78, 5) is 18.9. The fourth-order valence-electron chi connectivity index (χ4n) is 3.81. The van der Waals surface area contributed by atoms with E-state index in [1.54, 1.807) is 23.1 Å². The van der Waals surface area contributed by atoms with Crippen molar-refractivity contribution in [2.75, 3.05) is 55.4 Å². The number of carbonyl (C=O) groups is 1. The molecule has 1 amide bonds. The first-order chi connectivity index (χ1) is 14.9. The van der Waals surface area contributed by atoms with Crippen LogP contribution in [-0.4, -0.2) is 69.9 Å². The lowest BCUT2D eigenvalue weighted by molar-refractivity contribution is 0.0773. The molecule has 168 valence electrons. The van der Waals surface area contributed by atoms with E-state index in [2.05, 4.69) is 21.4 Å². The fourth-order valence-corrected chi connectivity index (χ4v) is 4.89. The predicted octanol–water partition coefficient (Wildman–Crippen LogP) is 3.11. The van der Waals surface area contributed by atoms with Crippen molar-refractivity contribution >= 4 is 27.3 Å². The number of likely N-dealkylation sites (N-methyl/N-ethyl adjacent to an activating group) is 1. The van der Waals surface area contributed by atoms with Gasteiger partial charge in [-0.3, -0.25) is 9.52 Å². The minimum Gasteiger partial charge on any atom is -0.367 e. The minimum absolute atomic E-state index is 0.0986. The molecule has 0 spiro atoms. The Balaban J connectivity index is 1.78. The molecule has 1 aliphatic rings. The summed E-state index contributed by atoms with van der Waals surface area (Å²) in [6.07, 6.45) is 0. The van der Waals surface area contributed by atoms with Crippen molar-refractivity contribution in [1.82, 2.24) is 9.80 Å². The van der Waals surface area contributed by atoms with Crippen molar-refractivity contribution in [3.05, 3.63) is 54.1 Å². The van der Waals surface area contributed by atoms with Crippen LogP contribution in [0.4, 0.5) is 11.4 Å². The van der Waals surface area contributed by atoms with Gasteiger partial charge in [-0.25, -0.2) is 8.42 Å².